The molecule has 0 radical (unpaired) electrons. The molecule has 1 unspecified atom stereocenters. The lowest BCUT2D eigenvalue weighted by Gasteiger charge is -2.39. The second-order valence-electron chi connectivity index (χ2n) is 4.71. The molecule has 5 heteroatoms. The van der Waals surface area contributed by atoms with Crippen LogP contribution in [0.4, 0.5) is 0 Å². The van der Waals surface area contributed by atoms with Crippen molar-refractivity contribution in [3.63, 3.8) is 0 Å². The highest BCUT2D eigenvalue weighted by Crippen LogP contribution is 2.35. The first-order valence-electron chi connectivity index (χ1n) is 5.04. The minimum atomic E-state index is -0.897. The van der Waals surface area contributed by atoms with Crippen molar-refractivity contribution < 1.29 is 9.90 Å². The first-order chi connectivity index (χ1) is 7.27. The maximum Gasteiger partial charge on any atom is 0.304 e. The summed E-state index contributed by atoms with van der Waals surface area (Å²) in [4.78, 5) is 19.1. The number of carbonyl (C=O) groups is 1. The predicted molar refractivity (Wildman–Crippen MR) is 59.9 cm³/mol. The molecule has 0 aliphatic carbocycles. The van der Waals surface area contributed by atoms with Gasteiger partial charge in [-0.05, 0) is 13.8 Å². The summed E-state index contributed by atoms with van der Waals surface area (Å²) in [6, 6.07) is 0. The molecule has 0 amide bonds. The van der Waals surface area contributed by atoms with Crippen LogP contribution in [0.2, 0.25) is 0 Å². The highest BCUT2D eigenvalue weighted by Gasteiger charge is 2.42. The zero-order valence-corrected chi connectivity index (χ0v) is 9.77. The number of aromatic nitrogens is 2. The van der Waals surface area contributed by atoms with Crippen LogP contribution < -0.4 is 5.73 Å². The third-order valence-electron chi connectivity index (χ3n) is 3.06. The Labute approximate surface area is 94.7 Å². The van der Waals surface area contributed by atoms with Gasteiger partial charge >= 0.3 is 5.97 Å². The molecular weight excluding hydrogens is 206 g/mol. The van der Waals surface area contributed by atoms with Gasteiger partial charge in [0, 0.05) is 29.5 Å². The first-order valence-corrected chi connectivity index (χ1v) is 5.04. The molecular formula is C11H17N3O2. The summed E-state index contributed by atoms with van der Waals surface area (Å²) in [6.45, 7) is 5.39. The number of carboxylic acids is 1. The summed E-state index contributed by atoms with van der Waals surface area (Å²) >= 11 is 0. The van der Waals surface area contributed by atoms with E-state index in [9.17, 15) is 4.79 Å². The van der Waals surface area contributed by atoms with Crippen LogP contribution in [-0.2, 0) is 10.2 Å². The van der Waals surface area contributed by atoms with Gasteiger partial charge in [0.15, 0.2) is 0 Å². The molecule has 3 N–H and O–H groups in total. The lowest BCUT2D eigenvalue weighted by atomic mass is 9.69. The maximum absolute atomic E-state index is 10.9. The highest BCUT2D eigenvalue weighted by atomic mass is 16.4. The van der Waals surface area contributed by atoms with Gasteiger partial charge in [0.25, 0.3) is 0 Å². The fourth-order valence-electron chi connectivity index (χ4n) is 1.53. The van der Waals surface area contributed by atoms with E-state index in [2.05, 4.69) is 9.97 Å². The molecule has 88 valence electrons. The number of nitrogens with zero attached hydrogens (tertiary/aromatic N) is 2. The van der Waals surface area contributed by atoms with Crippen LogP contribution in [0.1, 0.15) is 32.9 Å². The van der Waals surface area contributed by atoms with Crippen molar-refractivity contribution in [1.82, 2.24) is 9.97 Å². The summed E-state index contributed by atoms with van der Waals surface area (Å²) < 4.78 is 0. The molecule has 0 fully saturated rings. The topological polar surface area (TPSA) is 89.1 Å². The Morgan fingerprint density at radius 3 is 2.44 bits per heavy atom. The minimum Gasteiger partial charge on any atom is -0.481 e. The molecule has 0 aliphatic rings. The van der Waals surface area contributed by atoms with E-state index in [1.807, 2.05) is 0 Å². The number of hydrogen-bond acceptors (Lipinski definition) is 4. The standard InChI is InChI=1S/C11H17N3O2/c1-10(2,12)11(3,6-9(15)16)8-7-13-4-5-14-8/h4-5,7H,6,12H2,1-3H3,(H,15,16). The van der Waals surface area contributed by atoms with Crippen molar-refractivity contribution in [2.75, 3.05) is 0 Å². The van der Waals surface area contributed by atoms with Crippen LogP contribution in [0.25, 0.3) is 0 Å². The van der Waals surface area contributed by atoms with E-state index in [-0.39, 0.29) is 6.42 Å². The summed E-state index contributed by atoms with van der Waals surface area (Å²) in [7, 11) is 0. The smallest absolute Gasteiger partial charge is 0.304 e. The third-order valence-corrected chi connectivity index (χ3v) is 3.06. The van der Waals surface area contributed by atoms with Crippen LogP contribution in [0.15, 0.2) is 18.6 Å². The van der Waals surface area contributed by atoms with Crippen molar-refractivity contribution in [3.8, 4) is 0 Å². The second kappa shape index (κ2) is 4.17. The van der Waals surface area contributed by atoms with E-state index in [4.69, 9.17) is 10.8 Å². The molecule has 0 saturated heterocycles. The van der Waals surface area contributed by atoms with Gasteiger partial charge in [0.2, 0.25) is 0 Å². The Kier molecular flexibility index (Phi) is 3.28. The Balaban J connectivity index is 3.21. The molecule has 0 bridgehead atoms. The van der Waals surface area contributed by atoms with Crippen molar-refractivity contribution in [1.29, 1.82) is 0 Å². The number of carboxylic acid groups (broad SMARTS) is 1. The Morgan fingerprint density at radius 2 is 2.06 bits per heavy atom. The van der Waals surface area contributed by atoms with Gasteiger partial charge in [0.1, 0.15) is 0 Å². The van der Waals surface area contributed by atoms with Gasteiger partial charge in [-0.2, -0.15) is 0 Å². The van der Waals surface area contributed by atoms with Crippen LogP contribution in [0, 0.1) is 0 Å². The summed E-state index contributed by atoms with van der Waals surface area (Å²) in [5, 5.41) is 8.97. The van der Waals surface area contributed by atoms with Gasteiger partial charge in [-0.3, -0.25) is 14.8 Å². The third kappa shape index (κ3) is 2.36. The summed E-state index contributed by atoms with van der Waals surface area (Å²) in [6.07, 6.45) is 4.59. The second-order valence-corrected chi connectivity index (χ2v) is 4.71. The molecule has 1 atom stereocenters. The molecule has 0 spiro atoms. The van der Waals surface area contributed by atoms with E-state index in [0.717, 1.165) is 0 Å². The largest absolute Gasteiger partial charge is 0.481 e. The number of aliphatic carboxylic acids is 1. The highest BCUT2D eigenvalue weighted by molar-refractivity contribution is 5.69. The van der Waals surface area contributed by atoms with Gasteiger partial charge in [-0.15, -0.1) is 0 Å². The first kappa shape index (κ1) is 12.6. The average molecular weight is 223 g/mol. The lowest BCUT2D eigenvalue weighted by molar-refractivity contribution is -0.139. The fraction of sp³-hybridized carbons (Fsp3) is 0.545. The Morgan fingerprint density at radius 1 is 1.44 bits per heavy atom. The molecule has 1 heterocycles. The normalized spacial score (nSPS) is 15.5. The number of nitrogens with two attached hydrogens (primary N) is 1. The van der Waals surface area contributed by atoms with E-state index in [1.165, 1.54) is 0 Å². The van der Waals surface area contributed by atoms with Crippen molar-refractivity contribution in [2.24, 2.45) is 5.73 Å². The number of hydrogen-bond donors (Lipinski definition) is 2. The number of rotatable bonds is 4. The van der Waals surface area contributed by atoms with Crippen molar-refractivity contribution in [3.05, 3.63) is 24.3 Å². The molecule has 16 heavy (non-hydrogen) atoms. The van der Waals surface area contributed by atoms with E-state index < -0.39 is 16.9 Å². The van der Waals surface area contributed by atoms with Gasteiger partial charge in [0.05, 0.1) is 12.1 Å². The molecule has 1 aromatic rings. The quantitative estimate of drug-likeness (QED) is 0.793. The van der Waals surface area contributed by atoms with Crippen LogP contribution >= 0.6 is 0 Å². The zero-order chi connectivity index (χ0) is 12.4. The van der Waals surface area contributed by atoms with Crippen LogP contribution in [0.5, 0.6) is 0 Å². The van der Waals surface area contributed by atoms with Crippen molar-refractivity contribution >= 4 is 5.97 Å². The molecule has 0 saturated carbocycles. The molecule has 1 rings (SSSR count). The van der Waals surface area contributed by atoms with Crippen LogP contribution in [-0.4, -0.2) is 26.6 Å². The zero-order valence-electron chi connectivity index (χ0n) is 9.77. The van der Waals surface area contributed by atoms with E-state index in [1.54, 1.807) is 39.4 Å². The molecule has 0 aromatic carbocycles. The molecule has 1 aromatic heterocycles. The van der Waals surface area contributed by atoms with Gasteiger partial charge in [-0.25, -0.2) is 0 Å². The van der Waals surface area contributed by atoms with E-state index >= 15 is 0 Å². The Hall–Kier alpha value is -1.49. The SMILES string of the molecule is CC(C)(N)C(C)(CC(=O)O)c1cnccn1. The monoisotopic (exact) mass is 223 g/mol. The van der Waals surface area contributed by atoms with Crippen molar-refractivity contribution in [2.45, 2.75) is 38.1 Å². The fourth-order valence-corrected chi connectivity index (χ4v) is 1.53. The lowest BCUT2D eigenvalue weighted by Crippen LogP contribution is -2.53. The Bertz CT molecular complexity index is 373. The predicted octanol–water partition coefficient (Wildman–Crippen LogP) is 0.946. The minimum absolute atomic E-state index is 0.0742. The maximum atomic E-state index is 10.9. The van der Waals surface area contributed by atoms with Gasteiger partial charge < -0.3 is 10.8 Å². The molecule has 0 aliphatic heterocycles. The van der Waals surface area contributed by atoms with Crippen LogP contribution in [0.3, 0.4) is 0 Å². The molecule has 5 nitrogen and oxygen atoms in total. The summed E-state index contributed by atoms with van der Waals surface area (Å²) in [5.41, 5.74) is 5.23. The summed E-state index contributed by atoms with van der Waals surface area (Å²) in [5.74, 6) is -0.897. The van der Waals surface area contributed by atoms with Gasteiger partial charge in [-0.1, -0.05) is 6.92 Å². The average Bonchev–Trinajstić information content (AvgIpc) is 2.16. The van der Waals surface area contributed by atoms with E-state index in [0.29, 0.717) is 5.69 Å².